The van der Waals surface area contributed by atoms with Crippen LogP contribution in [0.2, 0.25) is 0 Å². The van der Waals surface area contributed by atoms with Crippen LogP contribution in [0.4, 0.5) is 0 Å². The van der Waals surface area contributed by atoms with Crippen LogP contribution in [0.3, 0.4) is 0 Å². The van der Waals surface area contributed by atoms with Crippen LogP contribution in [0.5, 0.6) is 0 Å². The average molecular weight is 317 g/mol. The molecule has 5 nitrogen and oxygen atoms in total. The van der Waals surface area contributed by atoms with E-state index in [0.717, 1.165) is 42.1 Å². The normalized spacial score (nSPS) is 16.6. The third kappa shape index (κ3) is 2.46. The summed E-state index contributed by atoms with van der Waals surface area (Å²) in [4.78, 5) is 8.83. The van der Waals surface area contributed by atoms with Crippen LogP contribution < -0.4 is 5.73 Å². The SMILES string of the molecule is Cl.NC1(c2noc(-c3ccc4ncccc4c3)n2)CCCC1. The maximum Gasteiger partial charge on any atom is 0.258 e. The molecule has 6 heteroatoms. The lowest BCUT2D eigenvalue weighted by Gasteiger charge is -2.17. The fraction of sp³-hybridized carbons (Fsp3) is 0.312. The molecule has 0 aliphatic heterocycles. The lowest BCUT2D eigenvalue weighted by molar-refractivity contribution is 0.372. The smallest absolute Gasteiger partial charge is 0.258 e. The zero-order valence-corrected chi connectivity index (χ0v) is 12.8. The molecule has 1 fully saturated rings. The first-order valence-electron chi connectivity index (χ1n) is 7.23. The zero-order valence-electron chi connectivity index (χ0n) is 12.0. The largest absolute Gasteiger partial charge is 0.334 e. The molecule has 0 saturated heterocycles. The second-order valence-electron chi connectivity index (χ2n) is 5.70. The molecular weight excluding hydrogens is 300 g/mol. The van der Waals surface area contributed by atoms with Gasteiger partial charge >= 0.3 is 0 Å². The van der Waals surface area contributed by atoms with Crippen molar-refractivity contribution in [2.24, 2.45) is 5.73 Å². The van der Waals surface area contributed by atoms with Crippen LogP contribution in [0.25, 0.3) is 22.4 Å². The van der Waals surface area contributed by atoms with Crippen molar-refractivity contribution >= 4 is 23.3 Å². The summed E-state index contributed by atoms with van der Waals surface area (Å²) in [5, 5.41) is 5.15. The van der Waals surface area contributed by atoms with Crippen molar-refractivity contribution in [1.29, 1.82) is 0 Å². The fourth-order valence-electron chi connectivity index (χ4n) is 2.98. The van der Waals surface area contributed by atoms with Crippen LogP contribution in [0, 0.1) is 0 Å². The molecule has 0 unspecified atom stereocenters. The van der Waals surface area contributed by atoms with Crippen LogP contribution in [0.15, 0.2) is 41.1 Å². The topological polar surface area (TPSA) is 77.8 Å². The highest BCUT2D eigenvalue weighted by Crippen LogP contribution is 2.35. The number of hydrogen-bond acceptors (Lipinski definition) is 5. The molecule has 0 atom stereocenters. The molecule has 0 radical (unpaired) electrons. The summed E-state index contributed by atoms with van der Waals surface area (Å²) in [7, 11) is 0. The number of rotatable bonds is 2. The summed E-state index contributed by atoms with van der Waals surface area (Å²) in [6.07, 6.45) is 5.89. The van der Waals surface area contributed by atoms with E-state index in [4.69, 9.17) is 10.3 Å². The zero-order chi connectivity index (χ0) is 14.3. The van der Waals surface area contributed by atoms with Crippen LogP contribution >= 0.6 is 12.4 Å². The minimum absolute atomic E-state index is 0. The Morgan fingerprint density at radius 1 is 1.14 bits per heavy atom. The monoisotopic (exact) mass is 316 g/mol. The molecule has 2 aromatic heterocycles. The van der Waals surface area contributed by atoms with Crippen molar-refractivity contribution in [2.75, 3.05) is 0 Å². The van der Waals surface area contributed by atoms with Gasteiger partial charge in [-0.25, -0.2) is 0 Å². The van der Waals surface area contributed by atoms with E-state index in [0.29, 0.717) is 11.7 Å². The number of nitrogens with two attached hydrogens (primary N) is 1. The highest BCUT2D eigenvalue weighted by atomic mass is 35.5. The maximum absolute atomic E-state index is 6.37. The third-order valence-electron chi connectivity index (χ3n) is 4.22. The first kappa shape index (κ1) is 14.9. The Hall–Kier alpha value is -1.98. The number of benzene rings is 1. The molecule has 22 heavy (non-hydrogen) atoms. The van der Waals surface area contributed by atoms with Gasteiger partial charge in [0.05, 0.1) is 11.1 Å². The van der Waals surface area contributed by atoms with Gasteiger partial charge in [-0.3, -0.25) is 4.98 Å². The van der Waals surface area contributed by atoms with E-state index < -0.39 is 5.54 Å². The molecule has 1 aromatic carbocycles. The lowest BCUT2D eigenvalue weighted by atomic mass is 9.98. The third-order valence-corrected chi connectivity index (χ3v) is 4.22. The van der Waals surface area contributed by atoms with Gasteiger partial charge in [0.1, 0.15) is 0 Å². The Kier molecular flexibility index (Phi) is 3.85. The fourth-order valence-corrected chi connectivity index (χ4v) is 2.98. The summed E-state index contributed by atoms with van der Waals surface area (Å²) in [5.74, 6) is 1.15. The predicted molar refractivity (Wildman–Crippen MR) is 86.6 cm³/mol. The van der Waals surface area contributed by atoms with Gasteiger partial charge in [-0.15, -0.1) is 12.4 Å². The highest BCUT2D eigenvalue weighted by Gasteiger charge is 2.36. The van der Waals surface area contributed by atoms with Gasteiger partial charge in [-0.2, -0.15) is 4.98 Å². The first-order valence-corrected chi connectivity index (χ1v) is 7.23. The van der Waals surface area contributed by atoms with E-state index in [2.05, 4.69) is 15.1 Å². The number of halogens is 1. The second kappa shape index (κ2) is 5.66. The molecule has 4 rings (SSSR count). The average Bonchev–Trinajstić information content (AvgIpc) is 3.17. The standard InChI is InChI=1S/C16H16N4O.ClH/c17-16(7-1-2-8-16)15-19-14(21-20-15)12-5-6-13-11(10-12)4-3-9-18-13;/h3-6,9-10H,1-2,7-8,17H2;1H. The summed E-state index contributed by atoms with van der Waals surface area (Å²) in [5.41, 5.74) is 7.80. The maximum atomic E-state index is 6.37. The summed E-state index contributed by atoms with van der Waals surface area (Å²) in [6.45, 7) is 0. The van der Waals surface area contributed by atoms with Gasteiger partial charge < -0.3 is 10.3 Å². The van der Waals surface area contributed by atoms with Crippen LogP contribution in [-0.2, 0) is 5.54 Å². The number of fused-ring (bicyclic) bond motifs is 1. The van der Waals surface area contributed by atoms with Crippen LogP contribution in [0.1, 0.15) is 31.5 Å². The molecule has 2 heterocycles. The van der Waals surface area contributed by atoms with Crippen molar-refractivity contribution in [3.8, 4) is 11.5 Å². The first-order chi connectivity index (χ1) is 10.2. The number of aromatic nitrogens is 3. The van der Waals surface area contributed by atoms with Crippen molar-refractivity contribution in [1.82, 2.24) is 15.1 Å². The molecule has 1 aliphatic carbocycles. The Balaban J connectivity index is 0.00000144. The van der Waals surface area contributed by atoms with Crippen molar-refractivity contribution < 1.29 is 4.52 Å². The van der Waals surface area contributed by atoms with Crippen LogP contribution in [-0.4, -0.2) is 15.1 Å². The van der Waals surface area contributed by atoms with Gasteiger partial charge in [0.15, 0.2) is 5.82 Å². The van der Waals surface area contributed by atoms with Gasteiger partial charge in [0, 0.05) is 17.1 Å². The quantitative estimate of drug-likeness (QED) is 0.783. The molecule has 0 bridgehead atoms. The minimum Gasteiger partial charge on any atom is -0.334 e. The molecule has 114 valence electrons. The summed E-state index contributed by atoms with van der Waals surface area (Å²) < 4.78 is 5.42. The molecular formula is C16H17ClN4O. The number of hydrogen-bond donors (Lipinski definition) is 1. The van der Waals surface area contributed by atoms with Gasteiger partial charge in [0.2, 0.25) is 0 Å². The lowest BCUT2D eigenvalue weighted by Crippen LogP contribution is -2.34. The van der Waals surface area contributed by atoms with E-state index in [1.54, 1.807) is 6.20 Å². The predicted octanol–water partition coefficient (Wildman–Crippen LogP) is 3.43. The Labute approximate surface area is 134 Å². The Bertz CT molecular complexity index is 795. The van der Waals surface area contributed by atoms with Crippen molar-refractivity contribution in [3.63, 3.8) is 0 Å². The summed E-state index contributed by atoms with van der Waals surface area (Å²) in [6, 6.07) is 9.85. The van der Waals surface area contributed by atoms with Gasteiger partial charge in [-0.1, -0.05) is 24.1 Å². The van der Waals surface area contributed by atoms with E-state index in [1.165, 1.54) is 0 Å². The molecule has 3 aromatic rings. The number of nitrogens with zero attached hydrogens (tertiary/aromatic N) is 3. The summed E-state index contributed by atoms with van der Waals surface area (Å²) >= 11 is 0. The van der Waals surface area contributed by atoms with Gasteiger partial charge in [0.25, 0.3) is 5.89 Å². The molecule has 0 amide bonds. The van der Waals surface area contributed by atoms with E-state index >= 15 is 0 Å². The second-order valence-corrected chi connectivity index (χ2v) is 5.70. The van der Waals surface area contributed by atoms with E-state index in [1.807, 2.05) is 30.3 Å². The molecule has 2 N–H and O–H groups in total. The minimum atomic E-state index is -0.417. The number of pyridine rings is 1. The molecule has 1 aliphatic rings. The molecule has 1 saturated carbocycles. The van der Waals surface area contributed by atoms with Crippen molar-refractivity contribution in [2.45, 2.75) is 31.2 Å². The Morgan fingerprint density at radius 2 is 1.95 bits per heavy atom. The van der Waals surface area contributed by atoms with Gasteiger partial charge in [-0.05, 0) is 37.1 Å². The van der Waals surface area contributed by atoms with E-state index in [9.17, 15) is 0 Å². The van der Waals surface area contributed by atoms with Crippen molar-refractivity contribution in [3.05, 3.63) is 42.4 Å². The van der Waals surface area contributed by atoms with E-state index in [-0.39, 0.29) is 12.4 Å². The highest BCUT2D eigenvalue weighted by molar-refractivity contribution is 5.85. The Morgan fingerprint density at radius 3 is 2.77 bits per heavy atom. The molecule has 0 spiro atoms.